The minimum Gasteiger partial charge on any atom is -0.389 e. The fourth-order valence-corrected chi connectivity index (χ4v) is 4.12. The van der Waals surface area contributed by atoms with Gasteiger partial charge in [0.05, 0.1) is 5.69 Å². The Bertz CT molecular complexity index is 901. The first kappa shape index (κ1) is 17.0. The van der Waals surface area contributed by atoms with Gasteiger partial charge in [-0.25, -0.2) is 0 Å². The largest absolute Gasteiger partial charge is 0.389 e. The fourth-order valence-electron chi connectivity index (χ4n) is 3.95. The van der Waals surface area contributed by atoms with Crippen LogP contribution in [0.15, 0.2) is 72.9 Å². The zero-order chi connectivity index (χ0) is 17.9. The maximum atomic E-state index is 5.94. The lowest BCUT2D eigenvalue weighted by molar-refractivity contribution is 0.244. The normalized spacial score (nSPS) is 17.5. The molecule has 1 fully saturated rings. The number of hydrogen-bond acceptors (Lipinski definition) is 2. The van der Waals surface area contributed by atoms with Crippen LogP contribution < -0.4 is 5.73 Å². The molecule has 1 unspecified atom stereocenters. The number of benzene rings is 2. The highest BCUT2D eigenvalue weighted by molar-refractivity contribution is 7.80. The molecule has 1 aliphatic heterocycles. The van der Waals surface area contributed by atoms with Crippen LogP contribution in [0.5, 0.6) is 0 Å². The lowest BCUT2D eigenvalue weighted by atomic mass is 10.0. The second-order valence-electron chi connectivity index (χ2n) is 6.79. The van der Waals surface area contributed by atoms with Crippen LogP contribution in [0, 0.1) is 0 Å². The third-order valence-corrected chi connectivity index (χ3v) is 5.40. The number of rotatable bonds is 5. The third kappa shape index (κ3) is 3.30. The predicted molar refractivity (Wildman–Crippen MR) is 110 cm³/mol. The number of likely N-dealkylation sites (tertiary alicyclic amines) is 1. The van der Waals surface area contributed by atoms with E-state index >= 15 is 0 Å². The Balaban J connectivity index is 1.63. The van der Waals surface area contributed by atoms with E-state index in [4.69, 9.17) is 18.0 Å². The second kappa shape index (κ2) is 7.44. The Morgan fingerprint density at radius 1 is 1.00 bits per heavy atom. The summed E-state index contributed by atoms with van der Waals surface area (Å²) in [6.45, 7) is 2.04. The molecule has 132 valence electrons. The molecule has 1 saturated heterocycles. The SMILES string of the molecule is NC(=S)c1ccccc1-n1cccc1CN1CCCC1c1ccccc1. The highest BCUT2D eigenvalue weighted by Gasteiger charge is 2.26. The molecule has 0 bridgehead atoms. The van der Waals surface area contributed by atoms with E-state index in [-0.39, 0.29) is 0 Å². The summed E-state index contributed by atoms with van der Waals surface area (Å²) in [6, 6.07) is 23.7. The van der Waals surface area contributed by atoms with Crippen molar-refractivity contribution < 1.29 is 0 Å². The van der Waals surface area contributed by atoms with Gasteiger partial charge < -0.3 is 10.3 Å². The number of aromatic nitrogens is 1. The van der Waals surface area contributed by atoms with E-state index in [0.29, 0.717) is 11.0 Å². The van der Waals surface area contributed by atoms with Crippen molar-refractivity contribution in [3.63, 3.8) is 0 Å². The van der Waals surface area contributed by atoms with Crippen LogP contribution in [0.2, 0.25) is 0 Å². The highest BCUT2D eigenvalue weighted by Crippen LogP contribution is 2.33. The molecule has 26 heavy (non-hydrogen) atoms. The number of hydrogen-bond donors (Lipinski definition) is 1. The Morgan fingerprint density at radius 2 is 1.77 bits per heavy atom. The third-order valence-electron chi connectivity index (χ3n) is 5.18. The lowest BCUT2D eigenvalue weighted by Gasteiger charge is -2.26. The van der Waals surface area contributed by atoms with E-state index in [1.54, 1.807) is 0 Å². The van der Waals surface area contributed by atoms with Crippen molar-refractivity contribution in [3.05, 3.63) is 89.7 Å². The van der Waals surface area contributed by atoms with Gasteiger partial charge in [-0.3, -0.25) is 4.90 Å². The quantitative estimate of drug-likeness (QED) is 0.682. The first-order valence-electron chi connectivity index (χ1n) is 9.08. The molecule has 2 heterocycles. The summed E-state index contributed by atoms with van der Waals surface area (Å²) in [5.74, 6) is 0. The molecule has 0 aliphatic carbocycles. The Morgan fingerprint density at radius 3 is 2.58 bits per heavy atom. The van der Waals surface area contributed by atoms with E-state index in [2.05, 4.69) is 64.2 Å². The average Bonchev–Trinajstić information content (AvgIpc) is 3.32. The van der Waals surface area contributed by atoms with Crippen LogP contribution in [0.25, 0.3) is 5.69 Å². The molecular formula is C22H23N3S. The Hall–Kier alpha value is -2.43. The monoisotopic (exact) mass is 361 g/mol. The molecule has 0 amide bonds. The Labute approximate surface area is 160 Å². The first-order valence-corrected chi connectivity index (χ1v) is 9.49. The van der Waals surface area contributed by atoms with Gasteiger partial charge in [-0.2, -0.15) is 0 Å². The summed E-state index contributed by atoms with van der Waals surface area (Å²) < 4.78 is 2.22. The summed E-state index contributed by atoms with van der Waals surface area (Å²) in [5, 5.41) is 0. The molecule has 3 aromatic rings. The van der Waals surface area contributed by atoms with E-state index in [9.17, 15) is 0 Å². The summed E-state index contributed by atoms with van der Waals surface area (Å²) in [6.07, 6.45) is 4.55. The topological polar surface area (TPSA) is 34.2 Å². The van der Waals surface area contributed by atoms with Gasteiger partial charge in [0, 0.05) is 30.0 Å². The van der Waals surface area contributed by atoms with Gasteiger partial charge in [-0.15, -0.1) is 0 Å². The number of nitrogens with two attached hydrogens (primary N) is 1. The predicted octanol–water partition coefficient (Wildman–Crippen LogP) is 4.45. The van der Waals surface area contributed by atoms with Crippen molar-refractivity contribution in [1.82, 2.24) is 9.47 Å². The molecule has 2 aromatic carbocycles. The van der Waals surface area contributed by atoms with Crippen molar-refractivity contribution in [2.24, 2.45) is 5.73 Å². The molecule has 0 radical (unpaired) electrons. The van der Waals surface area contributed by atoms with Crippen LogP contribution >= 0.6 is 12.2 Å². The van der Waals surface area contributed by atoms with E-state index < -0.39 is 0 Å². The van der Waals surface area contributed by atoms with Gasteiger partial charge in [0.25, 0.3) is 0 Å². The van der Waals surface area contributed by atoms with E-state index in [1.807, 2.05) is 18.2 Å². The minimum atomic E-state index is 0.434. The maximum Gasteiger partial charge on any atom is 0.106 e. The summed E-state index contributed by atoms with van der Waals surface area (Å²) in [4.78, 5) is 3.01. The second-order valence-corrected chi connectivity index (χ2v) is 7.23. The maximum absolute atomic E-state index is 5.94. The van der Waals surface area contributed by atoms with Crippen molar-refractivity contribution in [1.29, 1.82) is 0 Å². The average molecular weight is 362 g/mol. The zero-order valence-corrected chi connectivity index (χ0v) is 15.5. The summed E-state index contributed by atoms with van der Waals surface area (Å²) in [7, 11) is 0. The minimum absolute atomic E-state index is 0.434. The van der Waals surface area contributed by atoms with E-state index in [0.717, 1.165) is 24.3 Å². The summed E-state index contributed by atoms with van der Waals surface area (Å²) in [5.41, 5.74) is 10.6. The van der Waals surface area contributed by atoms with Crippen molar-refractivity contribution in [2.45, 2.75) is 25.4 Å². The van der Waals surface area contributed by atoms with Crippen LogP contribution in [0.3, 0.4) is 0 Å². The number of nitrogens with zero attached hydrogens (tertiary/aromatic N) is 2. The Kier molecular flexibility index (Phi) is 4.87. The zero-order valence-electron chi connectivity index (χ0n) is 14.7. The molecule has 4 heteroatoms. The number of thiocarbonyl (C=S) groups is 1. The van der Waals surface area contributed by atoms with Gasteiger partial charge in [0.2, 0.25) is 0 Å². The molecule has 0 saturated carbocycles. The smallest absolute Gasteiger partial charge is 0.106 e. The summed E-state index contributed by atoms with van der Waals surface area (Å²) >= 11 is 5.25. The first-order chi connectivity index (χ1) is 12.7. The fraction of sp³-hybridized carbons (Fsp3) is 0.227. The van der Waals surface area contributed by atoms with Crippen LogP contribution in [-0.2, 0) is 6.54 Å². The van der Waals surface area contributed by atoms with Crippen molar-refractivity contribution in [2.75, 3.05) is 6.54 Å². The van der Waals surface area contributed by atoms with E-state index in [1.165, 1.54) is 24.1 Å². The molecule has 1 aliphatic rings. The van der Waals surface area contributed by atoms with Crippen LogP contribution in [0.4, 0.5) is 0 Å². The van der Waals surface area contributed by atoms with Gasteiger partial charge in [-0.05, 0) is 49.2 Å². The molecular weight excluding hydrogens is 338 g/mol. The molecule has 4 rings (SSSR count). The van der Waals surface area contributed by atoms with Crippen LogP contribution in [-0.4, -0.2) is 21.0 Å². The van der Waals surface area contributed by atoms with Crippen molar-refractivity contribution in [3.8, 4) is 5.69 Å². The van der Waals surface area contributed by atoms with Gasteiger partial charge >= 0.3 is 0 Å². The van der Waals surface area contributed by atoms with Crippen LogP contribution in [0.1, 0.15) is 35.7 Å². The standard InChI is InChI=1S/C22H23N3S/c23-22(26)19-11-4-5-12-21(19)25-15-6-10-18(25)16-24-14-7-13-20(24)17-8-2-1-3-9-17/h1-6,8-12,15,20H,7,13-14,16H2,(H2,23,26). The van der Waals surface area contributed by atoms with Crippen molar-refractivity contribution >= 4 is 17.2 Å². The van der Waals surface area contributed by atoms with Gasteiger partial charge in [-0.1, -0.05) is 54.7 Å². The van der Waals surface area contributed by atoms with Gasteiger partial charge in [0.1, 0.15) is 4.99 Å². The molecule has 1 atom stereocenters. The molecule has 3 nitrogen and oxygen atoms in total. The molecule has 1 aromatic heterocycles. The molecule has 0 spiro atoms. The lowest BCUT2D eigenvalue weighted by Crippen LogP contribution is -2.24. The number of para-hydroxylation sites is 1. The van der Waals surface area contributed by atoms with Gasteiger partial charge in [0.15, 0.2) is 0 Å². The molecule has 2 N–H and O–H groups in total. The highest BCUT2D eigenvalue weighted by atomic mass is 32.1.